The van der Waals surface area contributed by atoms with Crippen LogP contribution in [0.3, 0.4) is 0 Å². The quantitative estimate of drug-likeness (QED) is 0.546. The first-order chi connectivity index (χ1) is 13.0. The van der Waals surface area contributed by atoms with Crippen molar-refractivity contribution in [3.8, 4) is 11.5 Å². The third kappa shape index (κ3) is 4.04. The van der Waals surface area contributed by atoms with Crippen molar-refractivity contribution in [3.63, 3.8) is 0 Å². The van der Waals surface area contributed by atoms with Gasteiger partial charge in [-0.25, -0.2) is 10.9 Å². The number of anilines is 1. The van der Waals surface area contributed by atoms with Crippen molar-refractivity contribution < 1.29 is 14.3 Å². The summed E-state index contributed by atoms with van der Waals surface area (Å²) in [6.07, 6.45) is 0.733. The Morgan fingerprint density at radius 2 is 2.00 bits per heavy atom. The largest absolute Gasteiger partial charge is 0.483 e. The molecule has 0 atom stereocenters. The molecule has 2 aliphatic rings. The van der Waals surface area contributed by atoms with E-state index in [0.29, 0.717) is 11.4 Å². The van der Waals surface area contributed by atoms with Gasteiger partial charge in [0.2, 0.25) is 0 Å². The van der Waals surface area contributed by atoms with Gasteiger partial charge in [-0.15, -0.1) is 0 Å². The Labute approximate surface area is 157 Å². The molecule has 142 valence electrons. The van der Waals surface area contributed by atoms with Gasteiger partial charge in [0.15, 0.2) is 18.1 Å². The molecule has 0 aromatic heterocycles. The smallest absolute Gasteiger partial charge is 0.262 e. The Balaban J connectivity index is 1.37. The lowest BCUT2D eigenvalue weighted by atomic mass is 10.0. The lowest BCUT2D eigenvalue weighted by Crippen LogP contribution is -2.33. The van der Waals surface area contributed by atoms with Gasteiger partial charge in [0, 0.05) is 17.7 Å². The Bertz CT molecular complexity index is 849. The number of nitrogens with one attached hydrogen (secondary N) is 5. The van der Waals surface area contributed by atoms with E-state index in [1.54, 1.807) is 0 Å². The summed E-state index contributed by atoms with van der Waals surface area (Å²) in [5.41, 5.74) is 14.1. The van der Waals surface area contributed by atoms with Gasteiger partial charge < -0.3 is 14.8 Å². The van der Waals surface area contributed by atoms with E-state index in [9.17, 15) is 4.79 Å². The van der Waals surface area contributed by atoms with Crippen LogP contribution in [-0.2, 0) is 11.2 Å². The van der Waals surface area contributed by atoms with Crippen molar-refractivity contribution in [1.29, 1.82) is 0 Å². The molecule has 2 aliphatic heterocycles. The van der Waals surface area contributed by atoms with E-state index < -0.39 is 0 Å². The fraction of sp³-hybridized carbons (Fsp3) is 0.316. The van der Waals surface area contributed by atoms with Crippen LogP contribution in [0.4, 0.5) is 5.69 Å². The topological polar surface area (TPSA) is 95.7 Å². The molecule has 4 rings (SSSR count). The van der Waals surface area contributed by atoms with E-state index >= 15 is 0 Å². The third-order valence-corrected chi connectivity index (χ3v) is 4.41. The molecule has 1 fully saturated rings. The van der Waals surface area contributed by atoms with E-state index in [1.165, 1.54) is 0 Å². The molecule has 0 radical (unpaired) electrons. The molecule has 27 heavy (non-hydrogen) atoms. The number of rotatable bonds is 5. The number of fused-ring (bicyclic) bond motifs is 1. The number of carbonyl (C=O) groups excluding carboxylic acids is 1. The van der Waals surface area contributed by atoms with Gasteiger partial charge in [-0.2, -0.15) is 11.1 Å². The first-order valence-electron chi connectivity index (χ1n) is 8.85. The standard InChI is InChI=1S/C19H23N5O3/c1-19(2)10-13-6-4-8-15(17(13)27-19)26-11-16(25)20-14-7-3-5-12(9-14)18-21-23-24-22-18/h3-9,18,21-24H,10-11H2,1-2H3,(H,20,25). The van der Waals surface area contributed by atoms with Crippen LogP contribution in [-0.4, -0.2) is 18.1 Å². The number of ether oxygens (including phenoxy) is 2. The van der Waals surface area contributed by atoms with E-state index in [-0.39, 0.29) is 24.3 Å². The number of hydrogen-bond donors (Lipinski definition) is 5. The number of para-hydroxylation sites is 1. The summed E-state index contributed by atoms with van der Waals surface area (Å²) < 4.78 is 11.7. The first-order valence-corrected chi connectivity index (χ1v) is 8.85. The highest BCUT2D eigenvalue weighted by Gasteiger charge is 2.32. The van der Waals surface area contributed by atoms with Crippen LogP contribution in [0.25, 0.3) is 0 Å². The summed E-state index contributed by atoms with van der Waals surface area (Å²) in [4.78, 5) is 12.3. The Morgan fingerprint density at radius 3 is 2.81 bits per heavy atom. The van der Waals surface area contributed by atoms with Gasteiger partial charge in [0.05, 0.1) is 0 Å². The minimum absolute atomic E-state index is 0.0898. The van der Waals surface area contributed by atoms with E-state index in [2.05, 4.69) is 27.2 Å². The number of hydrogen-bond acceptors (Lipinski definition) is 7. The fourth-order valence-electron chi connectivity index (χ4n) is 3.26. The minimum atomic E-state index is -0.253. The highest BCUT2D eigenvalue weighted by Crippen LogP contribution is 2.41. The summed E-state index contributed by atoms with van der Waals surface area (Å²) in [7, 11) is 0. The maximum absolute atomic E-state index is 12.3. The second-order valence-electron chi connectivity index (χ2n) is 7.22. The highest BCUT2D eigenvalue weighted by molar-refractivity contribution is 5.92. The molecule has 0 aliphatic carbocycles. The van der Waals surface area contributed by atoms with Crippen LogP contribution in [0.2, 0.25) is 0 Å². The van der Waals surface area contributed by atoms with Crippen molar-refractivity contribution in [3.05, 3.63) is 53.6 Å². The molecule has 0 saturated carbocycles. The maximum atomic E-state index is 12.3. The van der Waals surface area contributed by atoms with E-state index in [0.717, 1.165) is 23.3 Å². The highest BCUT2D eigenvalue weighted by atomic mass is 16.5. The molecule has 0 bridgehead atoms. The monoisotopic (exact) mass is 369 g/mol. The maximum Gasteiger partial charge on any atom is 0.262 e. The van der Waals surface area contributed by atoms with Gasteiger partial charge in [-0.3, -0.25) is 4.79 Å². The summed E-state index contributed by atoms with van der Waals surface area (Å²) in [6.45, 7) is 3.98. The Kier molecular flexibility index (Phi) is 4.71. The molecular formula is C19H23N5O3. The zero-order chi connectivity index (χ0) is 18.9. The molecule has 2 aromatic rings. The molecule has 0 unspecified atom stereocenters. The van der Waals surface area contributed by atoms with E-state index in [4.69, 9.17) is 9.47 Å². The zero-order valence-electron chi connectivity index (χ0n) is 15.3. The van der Waals surface area contributed by atoms with Crippen molar-refractivity contribution in [2.24, 2.45) is 0 Å². The van der Waals surface area contributed by atoms with Gasteiger partial charge in [0.1, 0.15) is 11.8 Å². The molecule has 0 spiro atoms. The van der Waals surface area contributed by atoms with Crippen LogP contribution in [0.1, 0.15) is 31.1 Å². The average molecular weight is 369 g/mol. The summed E-state index contributed by atoms with van der Waals surface area (Å²) in [6, 6.07) is 13.3. The Hall–Kier alpha value is -2.65. The van der Waals surface area contributed by atoms with Crippen molar-refractivity contribution >= 4 is 11.6 Å². The van der Waals surface area contributed by atoms with Gasteiger partial charge in [0.25, 0.3) is 5.91 Å². The molecule has 8 heteroatoms. The van der Waals surface area contributed by atoms with Crippen LogP contribution < -0.4 is 36.7 Å². The molecule has 2 aromatic carbocycles. The lowest BCUT2D eigenvalue weighted by Gasteiger charge is -2.18. The van der Waals surface area contributed by atoms with Crippen LogP contribution in [0.15, 0.2) is 42.5 Å². The predicted molar refractivity (Wildman–Crippen MR) is 101 cm³/mol. The number of hydrazine groups is 3. The third-order valence-electron chi connectivity index (χ3n) is 4.41. The number of carbonyl (C=O) groups is 1. The fourth-order valence-corrected chi connectivity index (χ4v) is 3.26. The van der Waals surface area contributed by atoms with Crippen LogP contribution in [0, 0.1) is 0 Å². The predicted octanol–water partition coefficient (Wildman–Crippen LogP) is 1.53. The average Bonchev–Trinajstić information content (AvgIpc) is 3.26. The summed E-state index contributed by atoms with van der Waals surface area (Å²) in [5.74, 6) is 1.10. The van der Waals surface area contributed by atoms with Gasteiger partial charge >= 0.3 is 0 Å². The summed E-state index contributed by atoms with van der Waals surface area (Å²) >= 11 is 0. The second kappa shape index (κ2) is 7.16. The summed E-state index contributed by atoms with van der Waals surface area (Å²) in [5, 5.41) is 2.86. The lowest BCUT2D eigenvalue weighted by molar-refractivity contribution is -0.118. The molecule has 2 heterocycles. The van der Waals surface area contributed by atoms with Crippen molar-refractivity contribution in [2.75, 3.05) is 11.9 Å². The molecular weight excluding hydrogens is 346 g/mol. The second-order valence-corrected chi connectivity index (χ2v) is 7.22. The Morgan fingerprint density at radius 1 is 1.22 bits per heavy atom. The SMILES string of the molecule is CC1(C)Cc2cccc(OCC(=O)Nc3cccc(C4NNNN4)c3)c2O1. The van der Waals surface area contributed by atoms with E-state index in [1.807, 2.05) is 56.3 Å². The number of amides is 1. The van der Waals surface area contributed by atoms with Crippen molar-refractivity contribution in [1.82, 2.24) is 21.9 Å². The van der Waals surface area contributed by atoms with Gasteiger partial charge in [-0.1, -0.05) is 24.3 Å². The molecule has 5 N–H and O–H groups in total. The molecule has 1 saturated heterocycles. The van der Waals surface area contributed by atoms with Crippen LogP contribution >= 0.6 is 0 Å². The number of benzene rings is 2. The van der Waals surface area contributed by atoms with Crippen LogP contribution in [0.5, 0.6) is 11.5 Å². The van der Waals surface area contributed by atoms with Gasteiger partial charge in [-0.05, 0) is 37.6 Å². The van der Waals surface area contributed by atoms with Crippen molar-refractivity contribution in [2.45, 2.75) is 32.0 Å². The first kappa shape index (κ1) is 17.7. The molecule has 8 nitrogen and oxygen atoms in total. The minimum Gasteiger partial charge on any atom is -0.483 e. The zero-order valence-corrected chi connectivity index (χ0v) is 15.3. The normalized spacial score (nSPS) is 18.0. The molecule has 1 amide bonds.